The van der Waals surface area contributed by atoms with Crippen LogP contribution < -0.4 is 5.73 Å². The third kappa shape index (κ3) is 2.06. The molecule has 0 fully saturated rings. The fraction of sp³-hybridized carbons (Fsp3) is 0. The number of nitrogen functional groups attached to an aromatic ring is 1. The summed E-state index contributed by atoms with van der Waals surface area (Å²) in [6.07, 6.45) is 1.66. The van der Waals surface area contributed by atoms with E-state index < -0.39 is 0 Å². The summed E-state index contributed by atoms with van der Waals surface area (Å²) in [5, 5.41) is 7.98. The minimum Gasteiger partial charge on any atom is -0.399 e. The smallest absolute Gasteiger partial charge is 0.194 e. The number of halogens is 1. The van der Waals surface area contributed by atoms with E-state index in [0.717, 1.165) is 10.9 Å². The van der Waals surface area contributed by atoms with Crippen LogP contribution in [0.1, 0.15) is 15.9 Å². The maximum absolute atomic E-state index is 12.4. The molecule has 4 nitrogen and oxygen atoms in total. The van der Waals surface area contributed by atoms with Crippen LogP contribution in [-0.4, -0.2) is 16.0 Å². The number of anilines is 1. The molecule has 0 radical (unpaired) electrons. The van der Waals surface area contributed by atoms with Crippen LogP contribution in [0.25, 0.3) is 10.9 Å². The zero-order chi connectivity index (χ0) is 13.4. The number of nitrogens with zero attached hydrogens (tertiary/aromatic N) is 1. The van der Waals surface area contributed by atoms with Crippen LogP contribution in [0.3, 0.4) is 0 Å². The number of hydrogen-bond acceptors (Lipinski definition) is 3. The Hall–Kier alpha value is -2.33. The van der Waals surface area contributed by atoms with E-state index >= 15 is 0 Å². The molecule has 1 heterocycles. The summed E-state index contributed by atoms with van der Waals surface area (Å²) in [5.74, 6) is -0.131. The first-order valence-electron chi connectivity index (χ1n) is 5.68. The Morgan fingerprint density at radius 1 is 1.21 bits per heavy atom. The molecule has 1 aromatic heterocycles. The summed E-state index contributed by atoms with van der Waals surface area (Å²) < 4.78 is 0. The molecule has 94 valence electrons. The van der Waals surface area contributed by atoms with Crippen LogP contribution in [-0.2, 0) is 0 Å². The Bertz CT molecular complexity index is 762. The highest BCUT2D eigenvalue weighted by Crippen LogP contribution is 2.25. The molecule has 3 N–H and O–H groups in total. The van der Waals surface area contributed by atoms with Crippen LogP contribution in [0, 0.1) is 0 Å². The molecular formula is C14H10ClN3O. The van der Waals surface area contributed by atoms with Crippen molar-refractivity contribution in [1.82, 2.24) is 10.2 Å². The summed E-state index contributed by atoms with van der Waals surface area (Å²) in [7, 11) is 0. The number of aromatic nitrogens is 2. The van der Waals surface area contributed by atoms with Gasteiger partial charge in [0, 0.05) is 22.2 Å². The molecule has 2 aromatic carbocycles. The van der Waals surface area contributed by atoms with E-state index in [4.69, 9.17) is 17.3 Å². The third-order valence-electron chi connectivity index (χ3n) is 2.95. The van der Waals surface area contributed by atoms with Gasteiger partial charge in [-0.15, -0.1) is 0 Å². The summed E-state index contributed by atoms with van der Waals surface area (Å²) in [4.78, 5) is 12.4. The molecule has 0 spiro atoms. The topological polar surface area (TPSA) is 71.8 Å². The number of nitrogens with one attached hydrogen (secondary N) is 1. The Kier molecular flexibility index (Phi) is 2.72. The predicted molar refractivity (Wildman–Crippen MR) is 75.4 cm³/mol. The Morgan fingerprint density at radius 2 is 1.95 bits per heavy atom. The number of H-pyrrole nitrogens is 1. The zero-order valence-corrected chi connectivity index (χ0v) is 10.6. The van der Waals surface area contributed by atoms with Crippen molar-refractivity contribution in [3.63, 3.8) is 0 Å². The first-order valence-corrected chi connectivity index (χ1v) is 6.06. The van der Waals surface area contributed by atoms with Crippen molar-refractivity contribution in [2.75, 3.05) is 5.73 Å². The Morgan fingerprint density at radius 3 is 2.68 bits per heavy atom. The zero-order valence-electron chi connectivity index (χ0n) is 9.85. The molecule has 0 aliphatic heterocycles. The summed E-state index contributed by atoms with van der Waals surface area (Å²) in [5.41, 5.74) is 8.04. The van der Waals surface area contributed by atoms with Crippen molar-refractivity contribution in [3.8, 4) is 0 Å². The first-order chi connectivity index (χ1) is 9.15. The van der Waals surface area contributed by atoms with E-state index in [-0.39, 0.29) is 5.78 Å². The molecule has 0 atom stereocenters. The standard InChI is InChI=1S/C14H10ClN3O/c15-12-6-13-9(7-17-18-13)5-11(12)14(19)8-1-3-10(16)4-2-8/h1-7H,16H2,(H,17,18). The van der Waals surface area contributed by atoms with Gasteiger partial charge in [0.1, 0.15) is 0 Å². The lowest BCUT2D eigenvalue weighted by atomic mass is 10.0. The molecule has 5 heteroatoms. The number of nitrogens with two attached hydrogens (primary N) is 1. The lowest BCUT2D eigenvalue weighted by molar-refractivity contribution is 0.103. The van der Waals surface area contributed by atoms with Gasteiger partial charge >= 0.3 is 0 Å². The van der Waals surface area contributed by atoms with E-state index in [0.29, 0.717) is 21.8 Å². The van der Waals surface area contributed by atoms with Gasteiger partial charge < -0.3 is 5.73 Å². The summed E-state index contributed by atoms with van der Waals surface area (Å²) in [6.45, 7) is 0. The number of rotatable bonds is 2. The molecule has 0 aliphatic rings. The van der Waals surface area contributed by atoms with Gasteiger partial charge in [-0.05, 0) is 36.4 Å². The van der Waals surface area contributed by atoms with Crippen molar-refractivity contribution in [1.29, 1.82) is 0 Å². The van der Waals surface area contributed by atoms with Gasteiger partial charge in [-0.1, -0.05) is 11.6 Å². The number of carbonyl (C=O) groups is 1. The van der Waals surface area contributed by atoms with E-state index in [1.807, 2.05) is 0 Å². The fourth-order valence-corrected chi connectivity index (χ4v) is 2.18. The first kappa shape index (κ1) is 11.7. The van der Waals surface area contributed by atoms with E-state index in [2.05, 4.69) is 10.2 Å². The number of carbonyl (C=O) groups excluding carboxylic acids is 1. The predicted octanol–water partition coefficient (Wildman–Crippen LogP) is 3.03. The second-order valence-corrected chi connectivity index (χ2v) is 4.65. The van der Waals surface area contributed by atoms with Crippen molar-refractivity contribution in [2.45, 2.75) is 0 Å². The molecule has 0 saturated carbocycles. The minimum atomic E-state index is -0.131. The fourth-order valence-electron chi connectivity index (χ4n) is 1.93. The molecule has 0 saturated heterocycles. The van der Waals surface area contributed by atoms with Crippen molar-refractivity contribution >= 4 is 34.0 Å². The minimum absolute atomic E-state index is 0.131. The molecule has 0 unspecified atom stereocenters. The van der Waals surface area contributed by atoms with Gasteiger partial charge in [0.05, 0.1) is 16.7 Å². The second kappa shape index (κ2) is 4.40. The number of hydrogen-bond donors (Lipinski definition) is 2. The molecule has 3 aromatic rings. The van der Waals surface area contributed by atoms with Crippen LogP contribution in [0.2, 0.25) is 5.02 Å². The van der Waals surface area contributed by atoms with Gasteiger partial charge in [-0.2, -0.15) is 5.10 Å². The van der Waals surface area contributed by atoms with Crippen molar-refractivity contribution in [2.24, 2.45) is 0 Å². The van der Waals surface area contributed by atoms with Gasteiger partial charge in [0.15, 0.2) is 5.78 Å². The average Bonchev–Trinajstić information content (AvgIpc) is 2.85. The van der Waals surface area contributed by atoms with Crippen LogP contribution in [0.5, 0.6) is 0 Å². The molecule has 0 aliphatic carbocycles. The Labute approximate surface area is 114 Å². The highest BCUT2D eigenvalue weighted by atomic mass is 35.5. The van der Waals surface area contributed by atoms with Gasteiger partial charge in [0.2, 0.25) is 0 Å². The number of benzene rings is 2. The monoisotopic (exact) mass is 271 g/mol. The van der Waals surface area contributed by atoms with Gasteiger partial charge in [-0.3, -0.25) is 9.89 Å². The van der Waals surface area contributed by atoms with Gasteiger partial charge in [-0.25, -0.2) is 0 Å². The third-order valence-corrected chi connectivity index (χ3v) is 3.26. The van der Waals surface area contributed by atoms with Crippen LogP contribution in [0.4, 0.5) is 5.69 Å². The lowest BCUT2D eigenvalue weighted by Crippen LogP contribution is -2.02. The maximum atomic E-state index is 12.4. The maximum Gasteiger partial charge on any atom is 0.194 e. The summed E-state index contributed by atoms with van der Waals surface area (Å²) in [6, 6.07) is 10.2. The van der Waals surface area contributed by atoms with Crippen LogP contribution in [0.15, 0.2) is 42.6 Å². The largest absolute Gasteiger partial charge is 0.399 e. The van der Waals surface area contributed by atoms with Crippen LogP contribution >= 0.6 is 11.6 Å². The quantitative estimate of drug-likeness (QED) is 0.556. The highest BCUT2D eigenvalue weighted by molar-refractivity contribution is 6.35. The molecular weight excluding hydrogens is 262 g/mol. The molecule has 0 bridgehead atoms. The Balaban J connectivity index is 2.10. The molecule has 0 amide bonds. The van der Waals surface area contributed by atoms with E-state index in [1.54, 1.807) is 42.6 Å². The average molecular weight is 272 g/mol. The summed E-state index contributed by atoms with van der Waals surface area (Å²) >= 11 is 6.14. The molecule has 3 rings (SSSR count). The SMILES string of the molecule is Nc1ccc(C(=O)c2cc3cn[nH]c3cc2Cl)cc1. The van der Waals surface area contributed by atoms with E-state index in [1.165, 1.54) is 0 Å². The highest BCUT2D eigenvalue weighted by Gasteiger charge is 2.14. The van der Waals surface area contributed by atoms with E-state index in [9.17, 15) is 4.79 Å². The molecule has 19 heavy (non-hydrogen) atoms. The number of fused-ring (bicyclic) bond motifs is 1. The number of aromatic amines is 1. The lowest BCUT2D eigenvalue weighted by Gasteiger charge is -2.04. The van der Waals surface area contributed by atoms with Gasteiger partial charge in [0.25, 0.3) is 0 Å². The van der Waals surface area contributed by atoms with Crippen molar-refractivity contribution in [3.05, 3.63) is 58.7 Å². The van der Waals surface area contributed by atoms with Crippen molar-refractivity contribution < 1.29 is 4.79 Å². The second-order valence-electron chi connectivity index (χ2n) is 4.24. The normalized spacial score (nSPS) is 10.8. The number of ketones is 1.